The summed E-state index contributed by atoms with van der Waals surface area (Å²) in [7, 11) is -1.14. The van der Waals surface area contributed by atoms with Crippen LogP contribution in [0.3, 0.4) is 0 Å². The number of aromatic nitrogens is 2. The summed E-state index contributed by atoms with van der Waals surface area (Å²) in [5, 5.41) is 0. The maximum Gasteiger partial charge on any atom is 0.175 e. The highest BCUT2D eigenvalue weighted by Gasteiger charge is 2.31. The highest BCUT2D eigenvalue weighted by atomic mass is 32.2. The van der Waals surface area contributed by atoms with Crippen LogP contribution in [0.1, 0.15) is 55.6 Å². The molecule has 1 aromatic heterocycles. The predicted octanol–water partition coefficient (Wildman–Crippen LogP) is 5.01. The number of nitrogens with zero attached hydrogens (tertiary/aromatic N) is 4. The van der Waals surface area contributed by atoms with Gasteiger partial charge in [0, 0.05) is 31.5 Å². The van der Waals surface area contributed by atoms with E-state index in [9.17, 15) is 8.42 Å². The maximum absolute atomic E-state index is 11.9. The van der Waals surface area contributed by atoms with Gasteiger partial charge in [-0.25, -0.2) is 13.4 Å². The monoisotopic (exact) mass is 520 g/mol. The van der Waals surface area contributed by atoms with E-state index in [1.807, 2.05) is 12.1 Å². The Bertz CT molecular complexity index is 1380. The Labute approximate surface area is 221 Å². The topological polar surface area (TPSA) is 58.4 Å². The van der Waals surface area contributed by atoms with Gasteiger partial charge < -0.3 is 14.4 Å². The predicted molar refractivity (Wildman–Crippen MR) is 150 cm³/mol. The standard InChI is InChI=1S/C30H40N4O2S/c1-21-18-25(23-10-16-34(17-11-23)26-12-14-33(15-13-26)20-22-4-5-22)19-28-29(21)31-30(32(28)2)24-6-8-27(9-7-24)37(3,35)36/h6-9,18-19,22-23,26H,4-5,10-17,20H2,1-3H3. The van der Waals surface area contributed by atoms with E-state index in [1.165, 1.54) is 88.6 Å². The van der Waals surface area contributed by atoms with Gasteiger partial charge in [-0.2, -0.15) is 0 Å². The molecular formula is C30H40N4O2S. The van der Waals surface area contributed by atoms with Crippen molar-refractivity contribution in [2.24, 2.45) is 13.0 Å². The lowest BCUT2D eigenvalue weighted by molar-refractivity contribution is 0.0855. The average Bonchev–Trinajstić information content (AvgIpc) is 3.65. The van der Waals surface area contributed by atoms with Crippen molar-refractivity contribution in [2.45, 2.75) is 62.3 Å². The van der Waals surface area contributed by atoms with Crippen LogP contribution in [-0.4, -0.2) is 72.8 Å². The van der Waals surface area contributed by atoms with Gasteiger partial charge in [0.15, 0.2) is 9.84 Å². The van der Waals surface area contributed by atoms with Crippen LogP contribution in [-0.2, 0) is 16.9 Å². The van der Waals surface area contributed by atoms with Crippen molar-refractivity contribution in [1.29, 1.82) is 0 Å². The number of fused-ring (bicyclic) bond motifs is 1. The summed E-state index contributed by atoms with van der Waals surface area (Å²) in [6, 6.07) is 12.5. The fraction of sp³-hybridized carbons (Fsp3) is 0.567. The third-order valence-electron chi connectivity index (χ3n) is 9.03. The lowest BCUT2D eigenvalue weighted by Crippen LogP contribution is -2.47. The van der Waals surface area contributed by atoms with Gasteiger partial charge in [0.2, 0.25) is 0 Å². The number of rotatable bonds is 6. The molecule has 3 aromatic rings. The van der Waals surface area contributed by atoms with E-state index < -0.39 is 9.84 Å². The Balaban J connectivity index is 1.15. The number of likely N-dealkylation sites (tertiary alicyclic amines) is 2. The molecule has 0 amide bonds. The molecule has 0 N–H and O–H groups in total. The van der Waals surface area contributed by atoms with Crippen LogP contribution in [0.4, 0.5) is 0 Å². The molecule has 3 fully saturated rings. The van der Waals surface area contributed by atoms with Gasteiger partial charge in [-0.1, -0.05) is 6.07 Å². The molecule has 0 atom stereocenters. The van der Waals surface area contributed by atoms with Crippen molar-refractivity contribution in [2.75, 3.05) is 39.0 Å². The summed E-state index contributed by atoms with van der Waals surface area (Å²) < 4.78 is 25.9. The molecule has 0 unspecified atom stereocenters. The van der Waals surface area contributed by atoms with Gasteiger partial charge in [-0.3, -0.25) is 0 Å². The van der Waals surface area contributed by atoms with E-state index in [1.54, 1.807) is 12.1 Å². The number of benzene rings is 2. The number of imidazole rings is 1. The van der Waals surface area contributed by atoms with Gasteiger partial charge in [0.25, 0.3) is 0 Å². The molecule has 6 nitrogen and oxygen atoms in total. The summed E-state index contributed by atoms with van der Waals surface area (Å²) in [6.45, 7) is 8.50. The number of aryl methyl sites for hydroxylation is 2. The van der Waals surface area contributed by atoms with Crippen molar-refractivity contribution in [3.05, 3.63) is 47.5 Å². The van der Waals surface area contributed by atoms with Gasteiger partial charge in [-0.05, 0) is 125 Å². The molecule has 0 radical (unpaired) electrons. The first-order valence-corrected chi connectivity index (χ1v) is 15.9. The highest BCUT2D eigenvalue weighted by molar-refractivity contribution is 7.90. The molecule has 198 valence electrons. The van der Waals surface area contributed by atoms with Crippen LogP contribution in [0.2, 0.25) is 0 Å². The summed E-state index contributed by atoms with van der Waals surface area (Å²) >= 11 is 0. The molecule has 1 aliphatic carbocycles. The Hall–Kier alpha value is -2.22. The van der Waals surface area contributed by atoms with E-state index in [0.29, 0.717) is 10.8 Å². The Morgan fingerprint density at radius 3 is 2.22 bits per heavy atom. The summed E-state index contributed by atoms with van der Waals surface area (Å²) in [5.41, 5.74) is 5.77. The van der Waals surface area contributed by atoms with E-state index in [0.717, 1.165) is 34.4 Å². The third-order valence-corrected chi connectivity index (χ3v) is 10.2. The first-order valence-electron chi connectivity index (χ1n) is 14.0. The minimum absolute atomic E-state index is 0.337. The number of sulfone groups is 1. The minimum Gasteiger partial charge on any atom is -0.327 e. The molecule has 7 heteroatoms. The van der Waals surface area contributed by atoms with Crippen molar-refractivity contribution in [3.63, 3.8) is 0 Å². The van der Waals surface area contributed by atoms with Crippen LogP contribution in [0.25, 0.3) is 22.4 Å². The second-order valence-corrected chi connectivity index (χ2v) is 13.8. The van der Waals surface area contributed by atoms with Crippen LogP contribution < -0.4 is 0 Å². The van der Waals surface area contributed by atoms with Gasteiger partial charge >= 0.3 is 0 Å². The fourth-order valence-electron chi connectivity index (χ4n) is 6.56. The molecule has 0 spiro atoms. The first kappa shape index (κ1) is 25.1. The molecule has 1 saturated carbocycles. The third kappa shape index (κ3) is 5.23. The smallest absolute Gasteiger partial charge is 0.175 e. The molecule has 2 saturated heterocycles. The summed E-state index contributed by atoms with van der Waals surface area (Å²) in [6.07, 6.45) is 9.28. The molecule has 6 rings (SSSR count). The number of hydrogen-bond donors (Lipinski definition) is 0. The van der Waals surface area contributed by atoms with Crippen LogP contribution in [0.15, 0.2) is 41.3 Å². The highest BCUT2D eigenvalue weighted by Crippen LogP contribution is 2.35. The number of piperidine rings is 2. The lowest BCUT2D eigenvalue weighted by atomic mass is 9.87. The maximum atomic E-state index is 11.9. The zero-order valence-corrected chi connectivity index (χ0v) is 23.3. The second kappa shape index (κ2) is 9.83. The molecule has 2 aliphatic heterocycles. The van der Waals surface area contributed by atoms with Crippen LogP contribution in [0.5, 0.6) is 0 Å². The van der Waals surface area contributed by atoms with Gasteiger partial charge in [0.05, 0.1) is 15.9 Å². The van der Waals surface area contributed by atoms with E-state index >= 15 is 0 Å². The van der Waals surface area contributed by atoms with Crippen molar-refractivity contribution < 1.29 is 8.42 Å². The largest absolute Gasteiger partial charge is 0.327 e. The van der Waals surface area contributed by atoms with Gasteiger partial charge in [0.1, 0.15) is 5.82 Å². The zero-order valence-electron chi connectivity index (χ0n) is 22.5. The van der Waals surface area contributed by atoms with E-state index in [2.05, 4.69) is 40.5 Å². The van der Waals surface area contributed by atoms with E-state index in [-0.39, 0.29) is 0 Å². The second-order valence-electron chi connectivity index (χ2n) is 11.8. The first-order chi connectivity index (χ1) is 17.8. The lowest BCUT2D eigenvalue weighted by Gasteiger charge is -2.42. The molecular weight excluding hydrogens is 480 g/mol. The Kier molecular flexibility index (Phi) is 6.66. The van der Waals surface area contributed by atoms with Gasteiger partial charge in [-0.15, -0.1) is 0 Å². The molecule has 3 aliphatic rings. The summed E-state index contributed by atoms with van der Waals surface area (Å²) in [4.78, 5) is 10.8. The normalized spacial score (nSPS) is 21.2. The molecule has 3 heterocycles. The SMILES string of the molecule is Cc1cc(C2CCN(C3CCN(CC4CC4)CC3)CC2)cc2c1nc(-c1ccc(S(C)(=O)=O)cc1)n2C. The fourth-order valence-corrected chi connectivity index (χ4v) is 7.19. The Morgan fingerprint density at radius 1 is 0.919 bits per heavy atom. The van der Waals surface area contributed by atoms with Crippen molar-refractivity contribution >= 4 is 20.9 Å². The van der Waals surface area contributed by atoms with Crippen LogP contribution >= 0.6 is 0 Å². The van der Waals surface area contributed by atoms with Crippen LogP contribution in [0, 0.1) is 12.8 Å². The number of hydrogen-bond acceptors (Lipinski definition) is 5. The quantitative estimate of drug-likeness (QED) is 0.458. The zero-order chi connectivity index (χ0) is 25.7. The molecule has 37 heavy (non-hydrogen) atoms. The van der Waals surface area contributed by atoms with E-state index in [4.69, 9.17) is 4.98 Å². The van der Waals surface area contributed by atoms with Crippen molar-refractivity contribution in [1.82, 2.24) is 19.4 Å². The van der Waals surface area contributed by atoms with Crippen molar-refractivity contribution in [3.8, 4) is 11.4 Å². The molecule has 2 aromatic carbocycles. The average molecular weight is 521 g/mol. The molecule has 0 bridgehead atoms. The Morgan fingerprint density at radius 2 is 1.59 bits per heavy atom. The summed E-state index contributed by atoms with van der Waals surface area (Å²) in [5.74, 6) is 2.48. The minimum atomic E-state index is -3.21.